The number of carbonyl (C=O) groups is 1. The van der Waals surface area contributed by atoms with Gasteiger partial charge in [-0.2, -0.15) is 0 Å². The Bertz CT molecular complexity index is 751. The number of nitrogens with one attached hydrogen (secondary N) is 1. The molecule has 3 rings (SSSR count). The SMILES string of the molecule is COc1ccc(OC)c(CCNC(=O)c2ccc(OC3CCCC3)cc2)c1. The van der Waals surface area contributed by atoms with Gasteiger partial charge in [0.2, 0.25) is 0 Å². The zero-order chi connectivity index (χ0) is 19.1. The van der Waals surface area contributed by atoms with Gasteiger partial charge in [-0.05, 0) is 80.1 Å². The number of methoxy groups -OCH3 is 2. The summed E-state index contributed by atoms with van der Waals surface area (Å²) in [6.07, 6.45) is 5.70. The zero-order valence-corrected chi connectivity index (χ0v) is 16.0. The molecule has 0 unspecified atom stereocenters. The molecular formula is C22H27NO4. The second-order valence-electron chi connectivity index (χ2n) is 6.73. The van der Waals surface area contributed by atoms with E-state index in [0.717, 1.165) is 35.7 Å². The smallest absolute Gasteiger partial charge is 0.251 e. The van der Waals surface area contributed by atoms with Crippen LogP contribution in [0.15, 0.2) is 42.5 Å². The number of ether oxygens (including phenoxy) is 3. The van der Waals surface area contributed by atoms with Crippen molar-refractivity contribution >= 4 is 5.91 Å². The van der Waals surface area contributed by atoms with Crippen molar-refractivity contribution in [1.82, 2.24) is 5.32 Å². The Labute approximate surface area is 160 Å². The highest BCUT2D eigenvalue weighted by Gasteiger charge is 2.16. The van der Waals surface area contributed by atoms with E-state index in [1.165, 1.54) is 12.8 Å². The fourth-order valence-corrected chi connectivity index (χ4v) is 3.37. The third kappa shape index (κ3) is 5.16. The third-order valence-electron chi connectivity index (χ3n) is 4.89. The van der Waals surface area contributed by atoms with Gasteiger partial charge in [0.1, 0.15) is 17.2 Å². The maximum atomic E-state index is 12.4. The maximum Gasteiger partial charge on any atom is 0.251 e. The first-order valence-corrected chi connectivity index (χ1v) is 9.45. The van der Waals surface area contributed by atoms with Gasteiger partial charge in [0, 0.05) is 12.1 Å². The minimum absolute atomic E-state index is 0.0933. The van der Waals surface area contributed by atoms with Crippen LogP contribution < -0.4 is 19.5 Å². The normalized spacial score (nSPS) is 14.0. The molecule has 1 amide bonds. The Hall–Kier alpha value is -2.69. The van der Waals surface area contributed by atoms with Crippen LogP contribution in [0.2, 0.25) is 0 Å². The lowest BCUT2D eigenvalue weighted by atomic mass is 10.1. The lowest BCUT2D eigenvalue weighted by Crippen LogP contribution is -2.25. The molecule has 0 bridgehead atoms. The van der Waals surface area contributed by atoms with Gasteiger partial charge in [0.15, 0.2) is 0 Å². The van der Waals surface area contributed by atoms with Crippen molar-refractivity contribution in [3.8, 4) is 17.2 Å². The molecule has 5 nitrogen and oxygen atoms in total. The number of hydrogen-bond acceptors (Lipinski definition) is 4. The van der Waals surface area contributed by atoms with E-state index in [0.29, 0.717) is 24.6 Å². The summed E-state index contributed by atoms with van der Waals surface area (Å²) >= 11 is 0. The molecule has 0 aliphatic heterocycles. The van der Waals surface area contributed by atoms with Crippen LogP contribution in [0.5, 0.6) is 17.2 Å². The van der Waals surface area contributed by atoms with Crippen molar-refractivity contribution in [2.24, 2.45) is 0 Å². The Kier molecular flexibility index (Phi) is 6.58. The lowest BCUT2D eigenvalue weighted by molar-refractivity contribution is 0.0954. The largest absolute Gasteiger partial charge is 0.497 e. The minimum Gasteiger partial charge on any atom is -0.497 e. The minimum atomic E-state index is -0.0933. The summed E-state index contributed by atoms with van der Waals surface area (Å²) in [6, 6.07) is 13.0. The molecule has 1 aliphatic rings. The van der Waals surface area contributed by atoms with E-state index in [9.17, 15) is 4.79 Å². The Morgan fingerprint density at radius 3 is 2.37 bits per heavy atom. The predicted molar refractivity (Wildman–Crippen MR) is 105 cm³/mol. The first kappa shape index (κ1) is 19.1. The van der Waals surface area contributed by atoms with Crippen molar-refractivity contribution < 1.29 is 19.0 Å². The average molecular weight is 369 g/mol. The van der Waals surface area contributed by atoms with Crippen LogP contribution in [0.25, 0.3) is 0 Å². The molecular weight excluding hydrogens is 342 g/mol. The molecule has 1 fully saturated rings. The Balaban J connectivity index is 1.52. The summed E-state index contributed by atoms with van der Waals surface area (Å²) < 4.78 is 16.6. The fourth-order valence-electron chi connectivity index (χ4n) is 3.37. The first-order valence-electron chi connectivity index (χ1n) is 9.45. The second-order valence-corrected chi connectivity index (χ2v) is 6.73. The van der Waals surface area contributed by atoms with Crippen LogP contribution >= 0.6 is 0 Å². The molecule has 0 saturated heterocycles. The van der Waals surface area contributed by atoms with Crippen molar-refractivity contribution in [3.63, 3.8) is 0 Å². The van der Waals surface area contributed by atoms with E-state index in [2.05, 4.69) is 5.32 Å². The van der Waals surface area contributed by atoms with Gasteiger partial charge in [-0.1, -0.05) is 0 Å². The van der Waals surface area contributed by atoms with E-state index in [1.54, 1.807) is 14.2 Å². The molecule has 144 valence electrons. The molecule has 5 heteroatoms. The topological polar surface area (TPSA) is 56.8 Å². The van der Waals surface area contributed by atoms with E-state index < -0.39 is 0 Å². The predicted octanol–water partition coefficient (Wildman–Crippen LogP) is 4.00. The summed E-state index contributed by atoms with van der Waals surface area (Å²) in [6.45, 7) is 0.517. The summed E-state index contributed by atoms with van der Waals surface area (Å²) in [4.78, 5) is 12.4. The number of rotatable bonds is 8. The zero-order valence-electron chi connectivity index (χ0n) is 16.0. The molecule has 2 aromatic rings. The van der Waals surface area contributed by atoms with E-state index >= 15 is 0 Å². The van der Waals surface area contributed by atoms with Crippen LogP contribution in [0.1, 0.15) is 41.6 Å². The van der Waals surface area contributed by atoms with Crippen LogP contribution in [0, 0.1) is 0 Å². The third-order valence-corrected chi connectivity index (χ3v) is 4.89. The van der Waals surface area contributed by atoms with Crippen molar-refractivity contribution in [2.45, 2.75) is 38.2 Å². The number of carbonyl (C=O) groups excluding carboxylic acids is 1. The monoisotopic (exact) mass is 369 g/mol. The van der Waals surface area contributed by atoms with Gasteiger partial charge in [0.05, 0.1) is 20.3 Å². The Morgan fingerprint density at radius 2 is 1.70 bits per heavy atom. The first-order chi connectivity index (χ1) is 13.2. The van der Waals surface area contributed by atoms with E-state index in [4.69, 9.17) is 14.2 Å². The molecule has 1 N–H and O–H groups in total. The van der Waals surface area contributed by atoms with Gasteiger partial charge >= 0.3 is 0 Å². The molecule has 0 atom stereocenters. The van der Waals surface area contributed by atoms with Crippen LogP contribution in [-0.2, 0) is 6.42 Å². The Morgan fingerprint density at radius 1 is 1.00 bits per heavy atom. The highest BCUT2D eigenvalue weighted by molar-refractivity contribution is 5.94. The van der Waals surface area contributed by atoms with Gasteiger partial charge < -0.3 is 19.5 Å². The number of amides is 1. The quantitative estimate of drug-likeness (QED) is 0.764. The lowest BCUT2D eigenvalue weighted by Gasteiger charge is -2.13. The van der Waals surface area contributed by atoms with Crippen LogP contribution in [0.4, 0.5) is 0 Å². The van der Waals surface area contributed by atoms with Crippen LogP contribution in [-0.4, -0.2) is 32.8 Å². The summed E-state index contributed by atoms with van der Waals surface area (Å²) in [5.41, 5.74) is 1.63. The van der Waals surface area contributed by atoms with Gasteiger partial charge in [-0.3, -0.25) is 4.79 Å². The molecule has 1 saturated carbocycles. The molecule has 0 radical (unpaired) electrons. The highest BCUT2D eigenvalue weighted by Crippen LogP contribution is 2.25. The van der Waals surface area contributed by atoms with Crippen molar-refractivity contribution in [1.29, 1.82) is 0 Å². The molecule has 27 heavy (non-hydrogen) atoms. The van der Waals surface area contributed by atoms with Gasteiger partial charge in [-0.25, -0.2) is 0 Å². The molecule has 0 spiro atoms. The van der Waals surface area contributed by atoms with Gasteiger partial charge in [-0.15, -0.1) is 0 Å². The van der Waals surface area contributed by atoms with Gasteiger partial charge in [0.25, 0.3) is 5.91 Å². The van der Waals surface area contributed by atoms with E-state index in [-0.39, 0.29) is 5.91 Å². The van der Waals surface area contributed by atoms with E-state index in [1.807, 2.05) is 42.5 Å². The maximum absolute atomic E-state index is 12.4. The molecule has 0 heterocycles. The number of benzene rings is 2. The molecule has 0 aromatic heterocycles. The average Bonchev–Trinajstić information content (AvgIpc) is 3.21. The van der Waals surface area contributed by atoms with Crippen molar-refractivity contribution in [3.05, 3.63) is 53.6 Å². The summed E-state index contributed by atoms with van der Waals surface area (Å²) in [5.74, 6) is 2.30. The standard InChI is InChI=1S/C22H27NO4/c1-25-20-11-12-21(26-2)17(15-20)13-14-23-22(24)16-7-9-19(10-8-16)27-18-5-3-4-6-18/h7-12,15,18H,3-6,13-14H2,1-2H3,(H,23,24). The second kappa shape index (κ2) is 9.31. The van der Waals surface area contributed by atoms with Crippen LogP contribution in [0.3, 0.4) is 0 Å². The van der Waals surface area contributed by atoms with Crippen molar-refractivity contribution in [2.75, 3.05) is 20.8 Å². The molecule has 2 aromatic carbocycles. The summed E-state index contributed by atoms with van der Waals surface area (Å²) in [7, 11) is 3.27. The summed E-state index contributed by atoms with van der Waals surface area (Å²) in [5, 5.41) is 2.95. The highest BCUT2D eigenvalue weighted by atomic mass is 16.5. The number of hydrogen-bond donors (Lipinski definition) is 1. The fraction of sp³-hybridized carbons (Fsp3) is 0.409. The molecule has 1 aliphatic carbocycles.